The highest BCUT2D eigenvalue weighted by molar-refractivity contribution is 5.84. The number of amides is 1. The zero-order chi connectivity index (χ0) is 13.6. The molecule has 0 spiro atoms. The van der Waals surface area contributed by atoms with Gasteiger partial charge in [0, 0.05) is 7.05 Å². The van der Waals surface area contributed by atoms with Crippen molar-refractivity contribution in [2.75, 3.05) is 13.7 Å². The van der Waals surface area contributed by atoms with E-state index in [1.807, 2.05) is 13.8 Å². The third-order valence-electron chi connectivity index (χ3n) is 2.44. The predicted octanol–water partition coefficient (Wildman–Crippen LogP) is 0.803. The van der Waals surface area contributed by atoms with Crippen LogP contribution < -0.4 is 0 Å². The predicted molar refractivity (Wildman–Crippen MR) is 64.3 cm³/mol. The highest BCUT2D eigenvalue weighted by Gasteiger charge is 2.31. The molecule has 1 N–H and O–H groups in total. The molecule has 0 aliphatic carbocycles. The molecule has 0 aromatic rings. The van der Waals surface area contributed by atoms with Gasteiger partial charge in [-0.3, -0.25) is 4.79 Å². The molecule has 0 aromatic carbocycles. The third kappa shape index (κ3) is 5.17. The van der Waals surface area contributed by atoms with E-state index in [4.69, 9.17) is 4.74 Å². The highest BCUT2D eigenvalue weighted by Crippen LogP contribution is 2.13. The number of hydrogen-bond donors (Lipinski definition) is 1. The van der Waals surface area contributed by atoms with E-state index in [0.717, 1.165) is 0 Å². The second kappa shape index (κ2) is 7.27. The molecular formula is C12H23NO4. The average Bonchev–Trinajstić information content (AvgIpc) is 2.16. The number of likely N-dealkylation sites (N-methyl/N-ethyl adjacent to an activating group) is 1. The largest absolute Gasteiger partial charge is 0.464 e. The van der Waals surface area contributed by atoms with Gasteiger partial charge in [0.1, 0.15) is 6.04 Å². The number of carbonyl (C=O) groups is 2. The lowest BCUT2D eigenvalue weighted by Gasteiger charge is -2.29. The minimum absolute atomic E-state index is 0.0130. The van der Waals surface area contributed by atoms with Gasteiger partial charge in [-0.05, 0) is 19.8 Å². The number of nitrogens with zero attached hydrogens (tertiary/aromatic N) is 1. The zero-order valence-electron chi connectivity index (χ0n) is 11.3. The van der Waals surface area contributed by atoms with E-state index >= 15 is 0 Å². The van der Waals surface area contributed by atoms with E-state index < -0.39 is 18.1 Å². The van der Waals surface area contributed by atoms with Gasteiger partial charge in [-0.15, -0.1) is 0 Å². The number of esters is 1. The minimum atomic E-state index is -0.708. The summed E-state index contributed by atoms with van der Waals surface area (Å²) in [4.78, 5) is 24.9. The lowest BCUT2D eigenvalue weighted by atomic mass is 10.0. The van der Waals surface area contributed by atoms with Crippen LogP contribution in [0.4, 0.5) is 0 Å². The van der Waals surface area contributed by atoms with Crippen LogP contribution >= 0.6 is 0 Å². The van der Waals surface area contributed by atoms with Gasteiger partial charge in [0.15, 0.2) is 0 Å². The Balaban J connectivity index is 4.70. The van der Waals surface area contributed by atoms with Crippen molar-refractivity contribution in [2.24, 2.45) is 5.92 Å². The van der Waals surface area contributed by atoms with Crippen molar-refractivity contribution in [3.05, 3.63) is 0 Å². The van der Waals surface area contributed by atoms with E-state index in [0.29, 0.717) is 6.61 Å². The van der Waals surface area contributed by atoms with Gasteiger partial charge in [0.05, 0.1) is 19.1 Å². The average molecular weight is 245 g/mol. The Morgan fingerprint density at radius 3 is 2.18 bits per heavy atom. The fourth-order valence-corrected chi connectivity index (χ4v) is 1.66. The number of aliphatic hydroxyl groups excluding tert-OH is 1. The lowest BCUT2D eigenvalue weighted by molar-refractivity contribution is -0.156. The van der Waals surface area contributed by atoms with E-state index in [1.165, 1.54) is 4.90 Å². The molecule has 0 saturated carbocycles. The molecule has 0 bridgehead atoms. The Labute approximate surface area is 103 Å². The van der Waals surface area contributed by atoms with Crippen LogP contribution in [0, 0.1) is 5.92 Å². The Bertz CT molecular complexity index is 263. The summed E-state index contributed by atoms with van der Waals surface area (Å²) in [6.45, 7) is 7.27. The summed E-state index contributed by atoms with van der Waals surface area (Å²) in [7, 11) is 1.56. The molecule has 0 aliphatic heterocycles. The van der Waals surface area contributed by atoms with E-state index in [2.05, 4.69) is 0 Å². The normalized spacial score (nSPS) is 14.3. The molecule has 0 radical (unpaired) electrons. The number of aliphatic hydroxyl groups is 1. The van der Waals surface area contributed by atoms with Crippen molar-refractivity contribution in [3.8, 4) is 0 Å². The van der Waals surface area contributed by atoms with Gasteiger partial charge in [-0.25, -0.2) is 4.79 Å². The second-order valence-corrected chi connectivity index (χ2v) is 4.50. The molecule has 0 aliphatic rings. The third-order valence-corrected chi connectivity index (χ3v) is 2.44. The fraction of sp³-hybridized carbons (Fsp3) is 0.833. The van der Waals surface area contributed by atoms with Gasteiger partial charge in [-0.2, -0.15) is 0 Å². The first-order valence-electron chi connectivity index (χ1n) is 5.91. The van der Waals surface area contributed by atoms with E-state index in [1.54, 1.807) is 20.9 Å². The number of carbonyl (C=O) groups excluding carboxylic acids is 2. The zero-order valence-corrected chi connectivity index (χ0v) is 11.3. The van der Waals surface area contributed by atoms with Gasteiger partial charge in [-0.1, -0.05) is 13.8 Å². The second-order valence-electron chi connectivity index (χ2n) is 4.50. The molecule has 0 fully saturated rings. The Hall–Kier alpha value is -1.10. The minimum Gasteiger partial charge on any atom is -0.464 e. The maximum atomic E-state index is 11.8. The molecule has 0 rings (SSSR count). The summed E-state index contributed by atoms with van der Waals surface area (Å²) in [6.07, 6.45) is -0.695. The molecule has 17 heavy (non-hydrogen) atoms. The van der Waals surface area contributed by atoms with Crippen LogP contribution in [-0.2, 0) is 14.3 Å². The maximum absolute atomic E-state index is 11.8. The van der Waals surface area contributed by atoms with Gasteiger partial charge in [0.25, 0.3) is 0 Å². The van der Waals surface area contributed by atoms with Crippen LogP contribution in [0.5, 0.6) is 0 Å². The van der Waals surface area contributed by atoms with Crippen molar-refractivity contribution in [1.82, 2.24) is 4.90 Å². The smallest absolute Gasteiger partial charge is 0.329 e. The van der Waals surface area contributed by atoms with E-state index in [-0.39, 0.29) is 18.2 Å². The SMILES string of the molecule is CCOC(=O)[C@H](C(C)C)N(C)C(=O)C[C@@H](C)O. The summed E-state index contributed by atoms with van der Waals surface area (Å²) in [5.74, 6) is -0.687. The molecule has 100 valence electrons. The summed E-state index contributed by atoms with van der Waals surface area (Å²) in [5.41, 5.74) is 0. The van der Waals surface area contributed by atoms with Crippen molar-refractivity contribution in [1.29, 1.82) is 0 Å². The summed E-state index contributed by atoms with van der Waals surface area (Å²) in [6, 6.07) is -0.596. The molecule has 0 heterocycles. The van der Waals surface area contributed by atoms with Crippen LogP contribution in [0.2, 0.25) is 0 Å². The number of rotatable bonds is 6. The molecule has 2 atom stereocenters. The summed E-state index contributed by atoms with van der Waals surface area (Å²) >= 11 is 0. The van der Waals surface area contributed by atoms with Crippen molar-refractivity contribution < 1.29 is 19.4 Å². The molecule has 1 amide bonds. The summed E-state index contributed by atoms with van der Waals surface area (Å²) in [5, 5.41) is 9.17. The highest BCUT2D eigenvalue weighted by atomic mass is 16.5. The summed E-state index contributed by atoms with van der Waals surface area (Å²) < 4.78 is 4.95. The Morgan fingerprint density at radius 1 is 1.29 bits per heavy atom. The van der Waals surface area contributed by atoms with Crippen LogP contribution in [0.25, 0.3) is 0 Å². The molecule has 5 nitrogen and oxygen atoms in total. The Morgan fingerprint density at radius 2 is 1.82 bits per heavy atom. The van der Waals surface area contributed by atoms with Gasteiger partial charge >= 0.3 is 5.97 Å². The monoisotopic (exact) mass is 245 g/mol. The quantitative estimate of drug-likeness (QED) is 0.703. The van der Waals surface area contributed by atoms with Crippen LogP contribution in [0.3, 0.4) is 0 Å². The maximum Gasteiger partial charge on any atom is 0.329 e. The first-order chi connectivity index (χ1) is 7.81. The molecule has 0 aromatic heterocycles. The molecule has 5 heteroatoms. The van der Waals surface area contributed by atoms with Crippen LogP contribution in [-0.4, -0.2) is 47.7 Å². The van der Waals surface area contributed by atoms with Crippen LogP contribution in [0.1, 0.15) is 34.1 Å². The molecule has 0 saturated heterocycles. The lowest BCUT2D eigenvalue weighted by Crippen LogP contribution is -2.47. The van der Waals surface area contributed by atoms with Crippen LogP contribution in [0.15, 0.2) is 0 Å². The first kappa shape index (κ1) is 15.9. The molecule has 0 unspecified atom stereocenters. The van der Waals surface area contributed by atoms with Crippen molar-refractivity contribution >= 4 is 11.9 Å². The standard InChI is InChI=1S/C12H23NO4/c1-6-17-12(16)11(8(2)3)13(5)10(15)7-9(4)14/h8-9,11,14H,6-7H2,1-5H3/t9-,11+/m1/s1. The van der Waals surface area contributed by atoms with Gasteiger partial charge in [0.2, 0.25) is 5.91 Å². The van der Waals surface area contributed by atoms with Crippen molar-refractivity contribution in [2.45, 2.75) is 46.3 Å². The van der Waals surface area contributed by atoms with Gasteiger partial charge < -0.3 is 14.7 Å². The molecular weight excluding hydrogens is 222 g/mol. The first-order valence-corrected chi connectivity index (χ1v) is 5.91. The Kier molecular flexibility index (Phi) is 6.80. The van der Waals surface area contributed by atoms with E-state index in [9.17, 15) is 14.7 Å². The topological polar surface area (TPSA) is 66.8 Å². The number of ether oxygens (including phenoxy) is 1. The van der Waals surface area contributed by atoms with Crippen molar-refractivity contribution in [3.63, 3.8) is 0 Å². The fourth-order valence-electron chi connectivity index (χ4n) is 1.66. The number of hydrogen-bond acceptors (Lipinski definition) is 4.